The Bertz CT molecular complexity index is 3330. The maximum atomic E-state index is 15.2. The lowest BCUT2D eigenvalue weighted by atomic mass is 9.86. The minimum atomic E-state index is -0.694. The lowest BCUT2D eigenvalue weighted by molar-refractivity contribution is 0.0515. The summed E-state index contributed by atoms with van der Waals surface area (Å²) in [4.78, 5) is 83.7. The van der Waals surface area contributed by atoms with Gasteiger partial charge >= 0.3 is 18.3 Å². The van der Waals surface area contributed by atoms with Gasteiger partial charge in [-0.05, 0) is 227 Å². The number of carbonyl (C=O) groups excluding carboxylic acids is 6. The number of benzene rings is 3. The van der Waals surface area contributed by atoms with E-state index < -0.39 is 70.9 Å². The van der Waals surface area contributed by atoms with Gasteiger partial charge in [-0.25, -0.2) is 14.4 Å². The molecular weight excluding hydrogens is 1360 g/mol. The van der Waals surface area contributed by atoms with Gasteiger partial charge in [0.05, 0.1) is 39.6 Å². The molecule has 1 unspecified atom stereocenters. The van der Waals surface area contributed by atoms with Crippen molar-refractivity contribution in [3.05, 3.63) is 69.8 Å². The summed E-state index contributed by atoms with van der Waals surface area (Å²) in [7, 11) is 0. The standard InChI is InChI=1S/C86H118N6O15/c1-16-22-28-34-49-100-73-55-63(54-72(99-48-33-27-21-6)69(73)42-39-45-87-81(96)105-84(7,8)9)78(93)90-66-60-67(91-79(94)64-56-74(101-50-35-29-23-17-2)70(75(57-64)102-51-36-30-24-18-3)43-40-46-88-82(97)106-85(10,11)12)62-68(61-66)92-80(95)65-58-76(103-52-37-31-25-19-4)71(77(59-65)104-53-38-32-26-20-5)44-41-47-89-83(98)107-86(13,14)15/h1-6,54-59,66-68H,22-53,60-62H2,7-15H3,(H,87,96)(H,88,97)(H,89,98)(H,90,93)(H,91,94)(H,92,95)/t66?,67-,68+. The highest BCUT2D eigenvalue weighted by molar-refractivity contribution is 5.97. The summed E-state index contributed by atoms with van der Waals surface area (Å²) >= 11 is 0. The zero-order valence-corrected chi connectivity index (χ0v) is 65.0. The van der Waals surface area contributed by atoms with Crippen molar-refractivity contribution >= 4 is 36.0 Å². The molecule has 0 aromatic heterocycles. The van der Waals surface area contributed by atoms with Crippen LogP contribution in [0, 0.1) is 74.1 Å². The molecule has 3 aromatic carbocycles. The molecule has 1 aliphatic carbocycles. The molecule has 3 atom stereocenters. The third kappa shape index (κ3) is 37.2. The average Bonchev–Trinajstić information content (AvgIpc) is 0.814. The third-order valence-electron chi connectivity index (χ3n) is 16.4. The van der Waals surface area contributed by atoms with Crippen molar-refractivity contribution in [1.82, 2.24) is 31.9 Å². The first-order chi connectivity index (χ1) is 51.2. The van der Waals surface area contributed by atoms with Crippen molar-refractivity contribution in [2.24, 2.45) is 0 Å². The number of hydrogen-bond donors (Lipinski definition) is 6. The molecule has 1 aliphatic rings. The summed E-state index contributed by atoms with van der Waals surface area (Å²) in [6.07, 6.45) is 45.8. The van der Waals surface area contributed by atoms with Gasteiger partial charge in [0.25, 0.3) is 17.7 Å². The number of hydrogen-bond acceptors (Lipinski definition) is 15. The van der Waals surface area contributed by atoms with Crippen LogP contribution in [0.1, 0.15) is 258 Å². The van der Waals surface area contributed by atoms with E-state index in [1.807, 2.05) is 0 Å². The highest BCUT2D eigenvalue weighted by Gasteiger charge is 2.34. The second kappa shape index (κ2) is 49.0. The number of carbonyl (C=O) groups is 6. The van der Waals surface area contributed by atoms with E-state index in [0.717, 1.165) is 0 Å². The van der Waals surface area contributed by atoms with Gasteiger partial charge in [-0.3, -0.25) is 14.4 Å². The van der Waals surface area contributed by atoms with Gasteiger partial charge in [0.1, 0.15) is 51.3 Å². The van der Waals surface area contributed by atoms with E-state index in [1.54, 1.807) is 98.7 Å². The van der Waals surface area contributed by atoms with Gasteiger partial charge < -0.3 is 74.5 Å². The molecule has 3 aromatic rings. The van der Waals surface area contributed by atoms with Gasteiger partial charge in [0.15, 0.2) is 0 Å². The van der Waals surface area contributed by atoms with E-state index in [0.29, 0.717) is 199 Å². The Hall–Kier alpha value is -9.96. The van der Waals surface area contributed by atoms with Crippen LogP contribution in [-0.4, -0.2) is 130 Å². The van der Waals surface area contributed by atoms with E-state index in [4.69, 9.17) is 81.2 Å². The van der Waals surface area contributed by atoms with Crippen LogP contribution in [0.2, 0.25) is 0 Å². The van der Waals surface area contributed by atoms with Gasteiger partial charge in [-0.1, -0.05) is 0 Å². The Morgan fingerprint density at radius 3 is 0.738 bits per heavy atom. The highest BCUT2D eigenvalue weighted by Crippen LogP contribution is 2.37. The normalized spacial score (nSPS) is 13.9. The molecule has 0 radical (unpaired) electrons. The monoisotopic (exact) mass is 1470 g/mol. The van der Waals surface area contributed by atoms with Crippen LogP contribution >= 0.6 is 0 Å². The molecule has 582 valence electrons. The fourth-order valence-corrected chi connectivity index (χ4v) is 11.5. The van der Waals surface area contributed by atoms with Crippen molar-refractivity contribution in [3.8, 4) is 109 Å². The fourth-order valence-electron chi connectivity index (χ4n) is 11.5. The van der Waals surface area contributed by atoms with Crippen molar-refractivity contribution in [2.75, 3.05) is 59.3 Å². The molecule has 4 rings (SSSR count). The predicted octanol–water partition coefficient (Wildman–Crippen LogP) is 14.6. The third-order valence-corrected chi connectivity index (χ3v) is 16.4. The van der Waals surface area contributed by atoms with E-state index in [2.05, 4.69) is 67.4 Å². The maximum absolute atomic E-state index is 15.2. The molecular formula is C86H118N6O15. The van der Waals surface area contributed by atoms with Crippen LogP contribution in [0.5, 0.6) is 34.5 Å². The van der Waals surface area contributed by atoms with E-state index in [1.165, 1.54) is 0 Å². The Morgan fingerprint density at radius 1 is 0.327 bits per heavy atom. The molecule has 107 heavy (non-hydrogen) atoms. The van der Waals surface area contributed by atoms with Crippen LogP contribution < -0.4 is 60.3 Å². The predicted molar refractivity (Wildman–Crippen MR) is 419 cm³/mol. The zero-order chi connectivity index (χ0) is 78.5. The summed E-state index contributed by atoms with van der Waals surface area (Å²) in [6.45, 7) is 18.6. The topological polar surface area (TPSA) is 258 Å². The zero-order valence-electron chi connectivity index (χ0n) is 65.0. The first-order valence-electron chi connectivity index (χ1n) is 37.9. The molecule has 0 heterocycles. The fraction of sp³-hybridized carbons (Fsp3) is 0.581. The summed E-state index contributed by atoms with van der Waals surface area (Å²) in [5, 5.41) is 18.3. The summed E-state index contributed by atoms with van der Waals surface area (Å²) in [5.41, 5.74) is 0.678. The number of rotatable bonds is 47. The number of nitrogens with one attached hydrogen (secondary N) is 6. The van der Waals surface area contributed by atoms with Crippen LogP contribution in [0.15, 0.2) is 36.4 Å². The smallest absolute Gasteiger partial charge is 0.407 e. The lowest BCUT2D eigenvalue weighted by Crippen LogP contribution is -2.53. The minimum Gasteiger partial charge on any atom is -0.493 e. The Morgan fingerprint density at radius 2 is 0.533 bits per heavy atom. The maximum Gasteiger partial charge on any atom is 0.407 e. The minimum absolute atomic E-state index is 0.219. The highest BCUT2D eigenvalue weighted by atomic mass is 16.6. The number of amides is 6. The van der Waals surface area contributed by atoms with Gasteiger partial charge in [-0.15, -0.1) is 74.1 Å². The van der Waals surface area contributed by atoms with E-state index in [-0.39, 0.29) is 95.2 Å². The summed E-state index contributed by atoms with van der Waals surface area (Å²) in [5.74, 6) is 17.1. The molecule has 1 fully saturated rings. The Labute approximate surface area is 638 Å². The van der Waals surface area contributed by atoms with E-state index in [9.17, 15) is 14.4 Å². The molecule has 21 nitrogen and oxygen atoms in total. The van der Waals surface area contributed by atoms with Gasteiger partial charge in [0.2, 0.25) is 0 Å². The van der Waals surface area contributed by atoms with Crippen molar-refractivity contribution in [1.29, 1.82) is 0 Å². The molecule has 21 heteroatoms. The average molecular weight is 1480 g/mol. The molecule has 1 saturated carbocycles. The SMILES string of the molecule is C#CCCCCOc1cc(C(=O)NC2C[C@@H](NC(=O)c3cc(OCCCCC#C)c(CCCNC(=O)OC(C)(C)C)c(OCCCCC#C)c3)C[C@@H](NC(=O)c3cc(OCCCCC#C)c(CCCNC(=O)OC(C)(C)C)c(OCCCCC#C)c3)C2)cc(OCCCC#C)c1CCCNC(=O)OC(C)(C)C. The number of unbranched alkanes of at least 4 members (excludes halogenated alkanes) is 11. The van der Waals surface area contributed by atoms with Crippen molar-refractivity contribution < 1.29 is 71.4 Å². The van der Waals surface area contributed by atoms with Crippen LogP contribution in [0.25, 0.3) is 0 Å². The van der Waals surface area contributed by atoms with Crippen molar-refractivity contribution in [2.45, 2.75) is 264 Å². The molecule has 6 amide bonds. The quantitative estimate of drug-likeness (QED) is 0.0175. The molecule has 0 aliphatic heterocycles. The number of alkyl carbamates (subject to hydrolysis) is 3. The largest absolute Gasteiger partial charge is 0.493 e. The lowest BCUT2D eigenvalue weighted by Gasteiger charge is -2.36. The number of terminal acetylenes is 6. The Kier molecular flexibility index (Phi) is 41.0. The second-order valence-electron chi connectivity index (χ2n) is 29.4. The van der Waals surface area contributed by atoms with Crippen LogP contribution in [0.3, 0.4) is 0 Å². The van der Waals surface area contributed by atoms with E-state index >= 15 is 14.4 Å². The molecule has 0 spiro atoms. The number of ether oxygens (including phenoxy) is 9. The summed E-state index contributed by atoms with van der Waals surface area (Å²) in [6, 6.07) is 8.10. The summed E-state index contributed by atoms with van der Waals surface area (Å²) < 4.78 is 55.5. The van der Waals surface area contributed by atoms with Crippen LogP contribution in [-0.2, 0) is 33.5 Å². The Balaban J connectivity index is 1.89. The second-order valence-corrected chi connectivity index (χ2v) is 29.4. The van der Waals surface area contributed by atoms with Crippen LogP contribution in [0.4, 0.5) is 14.4 Å². The molecule has 6 N–H and O–H groups in total. The molecule has 0 bridgehead atoms. The van der Waals surface area contributed by atoms with Gasteiger partial charge in [-0.2, -0.15) is 0 Å². The first kappa shape index (κ1) is 89.4. The van der Waals surface area contributed by atoms with Gasteiger partial charge in [0, 0.05) is 110 Å². The van der Waals surface area contributed by atoms with Crippen molar-refractivity contribution in [3.63, 3.8) is 0 Å². The first-order valence-corrected chi connectivity index (χ1v) is 37.9. The molecule has 0 saturated heterocycles.